The third-order valence-corrected chi connectivity index (χ3v) is 4.73. The van der Waals surface area contributed by atoms with E-state index in [9.17, 15) is 9.90 Å². The molecule has 0 saturated carbocycles. The van der Waals surface area contributed by atoms with E-state index in [4.69, 9.17) is 62.7 Å². The number of para-hydroxylation sites is 1. The molecule has 0 amide bonds. The van der Waals surface area contributed by atoms with Crippen LogP contribution in [-0.2, 0) is 0 Å². The van der Waals surface area contributed by atoms with Crippen molar-refractivity contribution in [2.75, 3.05) is 0 Å². The van der Waals surface area contributed by atoms with E-state index in [1.165, 1.54) is 12.1 Å². The molecule has 0 aliphatic carbocycles. The first-order chi connectivity index (χ1) is 9.84. The number of phenols is 1. The number of aromatic hydroxyl groups is 1. The Bertz CT molecular complexity index is 701. The van der Waals surface area contributed by atoms with Crippen molar-refractivity contribution in [3.8, 4) is 11.5 Å². The number of halogens is 5. The van der Waals surface area contributed by atoms with Gasteiger partial charge >= 0.3 is 5.97 Å². The Morgan fingerprint density at radius 3 is 1.86 bits per heavy atom. The SMILES string of the molecule is O=C(Oc1c(Cl)c(Cl)c(Cl)c(Cl)c1Cl)c1ccccc1O. The molecule has 0 aliphatic rings. The zero-order valence-corrected chi connectivity index (χ0v) is 13.7. The van der Waals surface area contributed by atoms with Crippen LogP contribution >= 0.6 is 58.0 Å². The van der Waals surface area contributed by atoms with Crippen LogP contribution in [-0.4, -0.2) is 11.1 Å². The third-order valence-electron chi connectivity index (χ3n) is 2.49. The van der Waals surface area contributed by atoms with Crippen molar-refractivity contribution in [2.45, 2.75) is 0 Å². The fourth-order valence-electron chi connectivity index (χ4n) is 1.47. The number of hydrogen-bond acceptors (Lipinski definition) is 3. The maximum absolute atomic E-state index is 12.0. The fourth-order valence-corrected chi connectivity index (χ4v) is 2.67. The van der Waals surface area contributed by atoms with Crippen LogP contribution in [0, 0.1) is 0 Å². The van der Waals surface area contributed by atoms with Crippen LogP contribution in [0.1, 0.15) is 10.4 Å². The lowest BCUT2D eigenvalue weighted by Crippen LogP contribution is -2.09. The summed E-state index contributed by atoms with van der Waals surface area (Å²) in [5.41, 5.74) is -0.0631. The highest BCUT2D eigenvalue weighted by atomic mass is 35.5. The number of ether oxygens (including phenoxy) is 1. The lowest BCUT2D eigenvalue weighted by Gasteiger charge is -2.12. The molecule has 0 aliphatic heterocycles. The molecule has 0 spiro atoms. The second-order valence-corrected chi connectivity index (χ2v) is 5.70. The molecular formula is C13H5Cl5O3. The van der Waals surface area contributed by atoms with Gasteiger partial charge < -0.3 is 9.84 Å². The summed E-state index contributed by atoms with van der Waals surface area (Å²) in [6, 6.07) is 5.82. The number of rotatable bonds is 2. The number of carbonyl (C=O) groups excluding carboxylic acids is 1. The Balaban J connectivity index is 2.46. The Kier molecular flexibility index (Phi) is 5.12. The van der Waals surface area contributed by atoms with Crippen LogP contribution in [0.4, 0.5) is 0 Å². The topological polar surface area (TPSA) is 46.5 Å². The van der Waals surface area contributed by atoms with Crippen molar-refractivity contribution >= 4 is 64.0 Å². The predicted octanol–water partition coefficient (Wildman–Crippen LogP) is 5.88. The highest BCUT2D eigenvalue weighted by molar-refractivity contribution is 6.55. The van der Waals surface area contributed by atoms with Crippen LogP contribution in [0.25, 0.3) is 0 Å². The van der Waals surface area contributed by atoms with Gasteiger partial charge in [-0.05, 0) is 12.1 Å². The van der Waals surface area contributed by atoms with E-state index in [1.54, 1.807) is 12.1 Å². The molecule has 0 atom stereocenters. The summed E-state index contributed by atoms with van der Waals surface area (Å²) < 4.78 is 5.07. The molecule has 8 heteroatoms. The zero-order chi connectivity index (χ0) is 15.7. The highest BCUT2D eigenvalue weighted by Crippen LogP contribution is 2.48. The quantitative estimate of drug-likeness (QED) is 0.303. The third kappa shape index (κ3) is 3.17. The number of hydrogen-bond donors (Lipinski definition) is 1. The maximum atomic E-state index is 12.0. The summed E-state index contributed by atoms with van der Waals surface area (Å²) in [5.74, 6) is -1.35. The molecule has 0 bridgehead atoms. The average molecular weight is 386 g/mol. The van der Waals surface area contributed by atoms with Gasteiger partial charge in [0.2, 0.25) is 0 Å². The standard InChI is InChI=1S/C13H5Cl5O3/c14-7-8(15)10(17)12(11(18)9(7)16)21-13(20)5-3-1-2-4-6(5)19/h1-4,19H. The van der Waals surface area contributed by atoms with Crippen molar-refractivity contribution in [3.05, 3.63) is 54.9 Å². The minimum Gasteiger partial charge on any atom is -0.507 e. The summed E-state index contributed by atoms with van der Waals surface area (Å²) >= 11 is 29.5. The number of esters is 1. The monoisotopic (exact) mass is 384 g/mol. The van der Waals surface area contributed by atoms with Gasteiger partial charge in [-0.3, -0.25) is 0 Å². The van der Waals surface area contributed by atoms with E-state index in [0.717, 1.165) is 0 Å². The van der Waals surface area contributed by atoms with E-state index in [-0.39, 0.29) is 42.2 Å². The van der Waals surface area contributed by atoms with Crippen molar-refractivity contribution in [1.29, 1.82) is 0 Å². The van der Waals surface area contributed by atoms with Crippen molar-refractivity contribution < 1.29 is 14.6 Å². The van der Waals surface area contributed by atoms with E-state index >= 15 is 0 Å². The Labute approximate surface area is 144 Å². The van der Waals surface area contributed by atoms with Gasteiger partial charge in [0.15, 0.2) is 5.75 Å². The second-order valence-electron chi connectivity index (χ2n) is 3.81. The van der Waals surface area contributed by atoms with Gasteiger partial charge in [-0.15, -0.1) is 0 Å². The first-order valence-electron chi connectivity index (χ1n) is 5.36. The first-order valence-corrected chi connectivity index (χ1v) is 7.25. The van der Waals surface area contributed by atoms with Crippen LogP contribution in [0.3, 0.4) is 0 Å². The summed E-state index contributed by atoms with van der Waals surface area (Å²) in [6.45, 7) is 0. The molecule has 0 fully saturated rings. The predicted molar refractivity (Wildman–Crippen MR) is 84.6 cm³/mol. The highest BCUT2D eigenvalue weighted by Gasteiger charge is 2.23. The molecule has 21 heavy (non-hydrogen) atoms. The summed E-state index contributed by atoms with van der Waals surface area (Å²) in [4.78, 5) is 12.0. The van der Waals surface area contributed by atoms with E-state index in [1.807, 2.05) is 0 Å². The zero-order valence-electron chi connectivity index (χ0n) is 9.96. The average Bonchev–Trinajstić information content (AvgIpc) is 2.48. The van der Waals surface area contributed by atoms with Gasteiger partial charge in [0.25, 0.3) is 0 Å². The first kappa shape index (κ1) is 16.5. The van der Waals surface area contributed by atoms with Gasteiger partial charge in [-0.2, -0.15) is 0 Å². The molecule has 1 N–H and O–H groups in total. The molecule has 110 valence electrons. The summed E-state index contributed by atoms with van der Waals surface area (Å²) in [5, 5.41) is 9.08. The molecule has 0 heterocycles. The fraction of sp³-hybridized carbons (Fsp3) is 0. The molecular weight excluding hydrogens is 381 g/mol. The van der Waals surface area contributed by atoms with Crippen LogP contribution in [0.2, 0.25) is 25.1 Å². The van der Waals surface area contributed by atoms with Gasteiger partial charge in [0, 0.05) is 0 Å². The number of benzene rings is 2. The Hall–Kier alpha value is -0.840. The van der Waals surface area contributed by atoms with Gasteiger partial charge in [-0.25, -0.2) is 4.79 Å². The van der Waals surface area contributed by atoms with Crippen LogP contribution in [0.15, 0.2) is 24.3 Å². The molecule has 2 aromatic carbocycles. The lowest BCUT2D eigenvalue weighted by molar-refractivity contribution is 0.0732. The minimum atomic E-state index is -0.869. The van der Waals surface area contributed by atoms with E-state index in [0.29, 0.717) is 0 Å². The normalized spacial score (nSPS) is 10.5. The van der Waals surface area contributed by atoms with Gasteiger partial charge in [0.1, 0.15) is 21.4 Å². The second kappa shape index (κ2) is 6.51. The van der Waals surface area contributed by atoms with Crippen molar-refractivity contribution in [1.82, 2.24) is 0 Å². The molecule has 0 aromatic heterocycles. The Morgan fingerprint density at radius 1 is 0.857 bits per heavy atom. The van der Waals surface area contributed by atoms with E-state index in [2.05, 4.69) is 0 Å². The summed E-state index contributed by atoms with van der Waals surface area (Å²) in [7, 11) is 0. The smallest absolute Gasteiger partial charge is 0.347 e. The minimum absolute atomic E-state index is 0.0457. The van der Waals surface area contributed by atoms with Gasteiger partial charge in [-0.1, -0.05) is 70.1 Å². The maximum Gasteiger partial charge on any atom is 0.347 e. The van der Waals surface area contributed by atoms with Crippen molar-refractivity contribution in [3.63, 3.8) is 0 Å². The molecule has 0 unspecified atom stereocenters. The van der Waals surface area contributed by atoms with Crippen LogP contribution in [0.5, 0.6) is 11.5 Å². The molecule has 0 radical (unpaired) electrons. The van der Waals surface area contributed by atoms with E-state index < -0.39 is 5.97 Å². The molecule has 0 saturated heterocycles. The molecule has 2 aromatic rings. The summed E-state index contributed by atoms with van der Waals surface area (Å²) in [6.07, 6.45) is 0. The Morgan fingerprint density at radius 2 is 1.33 bits per heavy atom. The number of carbonyl (C=O) groups is 1. The lowest BCUT2D eigenvalue weighted by atomic mass is 10.2. The van der Waals surface area contributed by atoms with Gasteiger partial charge in [0.05, 0.1) is 15.1 Å². The molecule has 2 rings (SSSR count). The van der Waals surface area contributed by atoms with Crippen LogP contribution < -0.4 is 4.74 Å². The molecule has 3 nitrogen and oxygen atoms in total. The number of phenolic OH excluding ortho intramolecular Hbond substituents is 1. The largest absolute Gasteiger partial charge is 0.507 e. The van der Waals surface area contributed by atoms with Crippen molar-refractivity contribution in [2.24, 2.45) is 0 Å².